The zero-order chi connectivity index (χ0) is 20.4. The van der Waals surface area contributed by atoms with Crippen LogP contribution in [0.3, 0.4) is 0 Å². The SMILES string of the molecule is CCC(=O)Nc1ccc(Oc2ccnc3cc(C4=CCN(C)CC4)sc23)c(F)c1. The number of anilines is 1. The number of fused-ring (bicyclic) bond motifs is 1. The molecule has 0 saturated heterocycles. The van der Waals surface area contributed by atoms with Gasteiger partial charge in [-0.05, 0) is 37.2 Å². The van der Waals surface area contributed by atoms with Gasteiger partial charge in [0.1, 0.15) is 5.75 Å². The maximum atomic E-state index is 14.5. The zero-order valence-corrected chi connectivity index (χ0v) is 17.2. The Kier molecular flexibility index (Phi) is 5.60. The number of nitrogens with zero attached hydrogens (tertiary/aromatic N) is 2. The number of aromatic nitrogens is 1. The highest BCUT2D eigenvalue weighted by molar-refractivity contribution is 7.20. The highest BCUT2D eigenvalue weighted by Gasteiger charge is 2.16. The molecule has 4 rings (SSSR count). The van der Waals surface area contributed by atoms with E-state index in [1.54, 1.807) is 36.6 Å². The Labute approximate surface area is 172 Å². The number of ether oxygens (including phenoxy) is 1. The number of benzene rings is 1. The fraction of sp³-hybridized carbons (Fsp3) is 0.273. The molecule has 0 radical (unpaired) electrons. The number of thiophene rings is 1. The average Bonchev–Trinajstić information content (AvgIpc) is 3.15. The van der Waals surface area contributed by atoms with Crippen LogP contribution in [-0.4, -0.2) is 35.9 Å². The molecule has 1 N–H and O–H groups in total. The number of amides is 1. The van der Waals surface area contributed by atoms with Gasteiger partial charge in [0.2, 0.25) is 5.91 Å². The highest BCUT2D eigenvalue weighted by atomic mass is 32.1. The first-order chi connectivity index (χ1) is 14.0. The van der Waals surface area contributed by atoms with E-state index in [0.29, 0.717) is 17.9 Å². The summed E-state index contributed by atoms with van der Waals surface area (Å²) in [5, 5.41) is 2.64. The van der Waals surface area contributed by atoms with E-state index in [-0.39, 0.29) is 11.7 Å². The first-order valence-electron chi connectivity index (χ1n) is 9.57. The van der Waals surface area contributed by atoms with Gasteiger partial charge in [-0.1, -0.05) is 13.0 Å². The number of rotatable bonds is 5. The second kappa shape index (κ2) is 8.31. The molecule has 0 atom stereocenters. The number of hydrogen-bond acceptors (Lipinski definition) is 5. The number of carbonyl (C=O) groups excluding carboxylic acids is 1. The van der Waals surface area contributed by atoms with Gasteiger partial charge in [-0.15, -0.1) is 11.3 Å². The van der Waals surface area contributed by atoms with Crippen molar-refractivity contribution in [3.05, 3.63) is 53.3 Å². The fourth-order valence-electron chi connectivity index (χ4n) is 3.18. The molecule has 1 aliphatic rings. The molecule has 0 spiro atoms. The smallest absolute Gasteiger partial charge is 0.224 e. The number of likely N-dealkylation sites (N-methyl/N-ethyl adjacent to an activating group) is 1. The third-order valence-corrected chi connectivity index (χ3v) is 6.08. The van der Waals surface area contributed by atoms with Gasteiger partial charge in [0, 0.05) is 48.4 Å². The van der Waals surface area contributed by atoms with E-state index in [1.807, 2.05) is 0 Å². The van der Waals surface area contributed by atoms with E-state index >= 15 is 0 Å². The van der Waals surface area contributed by atoms with E-state index in [9.17, 15) is 9.18 Å². The van der Waals surface area contributed by atoms with Crippen molar-refractivity contribution in [1.29, 1.82) is 0 Å². The number of halogens is 1. The van der Waals surface area contributed by atoms with Crippen molar-refractivity contribution < 1.29 is 13.9 Å². The predicted molar refractivity (Wildman–Crippen MR) is 115 cm³/mol. The van der Waals surface area contributed by atoms with E-state index in [2.05, 4.69) is 34.4 Å². The van der Waals surface area contributed by atoms with Crippen LogP contribution in [0.2, 0.25) is 0 Å². The number of pyridine rings is 1. The summed E-state index contributed by atoms with van der Waals surface area (Å²) >= 11 is 1.62. The van der Waals surface area contributed by atoms with Gasteiger partial charge >= 0.3 is 0 Å². The summed E-state index contributed by atoms with van der Waals surface area (Å²) in [6.45, 7) is 3.71. The molecule has 0 bridgehead atoms. The molecule has 5 nitrogen and oxygen atoms in total. The van der Waals surface area contributed by atoms with Gasteiger partial charge in [0.15, 0.2) is 11.6 Å². The van der Waals surface area contributed by atoms with Crippen molar-refractivity contribution in [2.24, 2.45) is 0 Å². The van der Waals surface area contributed by atoms with Gasteiger partial charge in [-0.3, -0.25) is 9.78 Å². The molecule has 29 heavy (non-hydrogen) atoms. The molecule has 1 aromatic carbocycles. The van der Waals surface area contributed by atoms with Crippen LogP contribution in [0.15, 0.2) is 42.6 Å². The van der Waals surface area contributed by atoms with E-state index in [1.165, 1.54) is 22.6 Å². The molecule has 0 aliphatic carbocycles. The minimum absolute atomic E-state index is 0.112. The van der Waals surface area contributed by atoms with Gasteiger partial charge in [-0.25, -0.2) is 4.39 Å². The van der Waals surface area contributed by atoms with Crippen molar-refractivity contribution in [2.75, 3.05) is 25.5 Å². The Hall–Kier alpha value is -2.77. The molecular weight excluding hydrogens is 389 g/mol. The molecule has 0 saturated carbocycles. The van der Waals surface area contributed by atoms with Crippen LogP contribution < -0.4 is 10.1 Å². The maximum Gasteiger partial charge on any atom is 0.224 e. The van der Waals surface area contributed by atoms with Crippen LogP contribution in [0, 0.1) is 5.82 Å². The van der Waals surface area contributed by atoms with Gasteiger partial charge in [0.05, 0.1) is 10.2 Å². The largest absolute Gasteiger partial charge is 0.453 e. The van der Waals surface area contributed by atoms with Crippen molar-refractivity contribution in [3.8, 4) is 11.5 Å². The standard InChI is InChI=1S/C22H22FN3O2S/c1-3-21(27)25-15-4-5-18(16(23)12-15)28-19-6-9-24-17-13-20(29-22(17)19)14-7-10-26(2)11-8-14/h4-7,9,12-13H,3,8,10-11H2,1-2H3,(H,25,27). The van der Waals surface area contributed by atoms with Crippen LogP contribution >= 0.6 is 11.3 Å². The fourth-order valence-corrected chi connectivity index (χ4v) is 4.31. The topological polar surface area (TPSA) is 54.5 Å². The van der Waals surface area contributed by atoms with Crippen molar-refractivity contribution in [3.63, 3.8) is 0 Å². The Morgan fingerprint density at radius 2 is 2.17 bits per heavy atom. The molecule has 1 aliphatic heterocycles. The van der Waals surface area contributed by atoms with Crippen molar-refractivity contribution >= 4 is 38.7 Å². The number of nitrogens with one attached hydrogen (secondary N) is 1. The lowest BCUT2D eigenvalue weighted by molar-refractivity contribution is -0.115. The van der Waals surface area contributed by atoms with E-state index in [4.69, 9.17) is 4.74 Å². The Balaban J connectivity index is 1.61. The molecule has 2 aromatic heterocycles. The van der Waals surface area contributed by atoms with E-state index in [0.717, 1.165) is 29.7 Å². The lowest BCUT2D eigenvalue weighted by Crippen LogP contribution is -2.23. The molecule has 0 unspecified atom stereocenters. The summed E-state index contributed by atoms with van der Waals surface area (Å²) in [7, 11) is 2.11. The van der Waals surface area contributed by atoms with Crippen LogP contribution in [0.1, 0.15) is 24.6 Å². The van der Waals surface area contributed by atoms with Gasteiger partial charge in [0.25, 0.3) is 0 Å². The van der Waals surface area contributed by atoms with Gasteiger partial charge < -0.3 is 15.0 Å². The summed E-state index contributed by atoms with van der Waals surface area (Å²) < 4.78 is 21.3. The second-order valence-corrected chi connectivity index (χ2v) is 8.08. The van der Waals surface area contributed by atoms with Crippen molar-refractivity contribution in [1.82, 2.24) is 9.88 Å². The summed E-state index contributed by atoms with van der Waals surface area (Å²) in [6, 6.07) is 8.25. The summed E-state index contributed by atoms with van der Waals surface area (Å²) in [5.41, 5.74) is 2.57. The number of carbonyl (C=O) groups is 1. The van der Waals surface area contributed by atoms with Crippen LogP contribution in [0.5, 0.6) is 11.5 Å². The molecule has 3 aromatic rings. The Morgan fingerprint density at radius 1 is 1.31 bits per heavy atom. The van der Waals surface area contributed by atoms with Gasteiger partial charge in [-0.2, -0.15) is 0 Å². The second-order valence-electron chi connectivity index (χ2n) is 7.02. The Morgan fingerprint density at radius 3 is 2.90 bits per heavy atom. The third kappa shape index (κ3) is 4.31. The minimum atomic E-state index is -0.529. The average molecular weight is 412 g/mol. The zero-order valence-electron chi connectivity index (χ0n) is 16.4. The number of hydrogen-bond donors (Lipinski definition) is 1. The minimum Gasteiger partial charge on any atom is -0.453 e. The van der Waals surface area contributed by atoms with E-state index < -0.39 is 5.82 Å². The molecular formula is C22H22FN3O2S. The molecule has 7 heteroatoms. The molecule has 3 heterocycles. The maximum absolute atomic E-state index is 14.5. The lowest BCUT2D eigenvalue weighted by atomic mass is 10.1. The summed E-state index contributed by atoms with van der Waals surface area (Å²) in [5.74, 6) is -0.00798. The quantitative estimate of drug-likeness (QED) is 0.619. The van der Waals surface area contributed by atoms with Crippen LogP contribution in [0.4, 0.5) is 10.1 Å². The molecule has 1 amide bonds. The first-order valence-corrected chi connectivity index (χ1v) is 10.4. The van der Waals surface area contributed by atoms with Crippen LogP contribution in [0.25, 0.3) is 15.8 Å². The van der Waals surface area contributed by atoms with Crippen molar-refractivity contribution in [2.45, 2.75) is 19.8 Å². The molecule has 150 valence electrons. The monoisotopic (exact) mass is 411 g/mol. The predicted octanol–water partition coefficient (Wildman–Crippen LogP) is 5.30. The molecule has 0 fully saturated rings. The third-order valence-electron chi connectivity index (χ3n) is 4.86. The normalized spacial score (nSPS) is 14.7. The van der Waals surface area contributed by atoms with Crippen LogP contribution in [-0.2, 0) is 4.79 Å². The highest BCUT2D eigenvalue weighted by Crippen LogP contribution is 2.39. The lowest BCUT2D eigenvalue weighted by Gasteiger charge is -2.21. The Bertz CT molecular complexity index is 1090. The first kappa shape index (κ1) is 19.5. The summed E-state index contributed by atoms with van der Waals surface area (Å²) in [4.78, 5) is 19.4. The summed E-state index contributed by atoms with van der Waals surface area (Å²) in [6.07, 6.45) is 5.25.